The maximum atomic E-state index is 13.6. The lowest BCUT2D eigenvalue weighted by atomic mass is 9.79. The van der Waals surface area contributed by atoms with Gasteiger partial charge in [-0.2, -0.15) is 0 Å². The lowest BCUT2D eigenvalue weighted by Crippen LogP contribution is -2.28. The average molecular weight is 314 g/mol. The number of rotatable bonds is 5. The fourth-order valence-electron chi connectivity index (χ4n) is 2.99. The van der Waals surface area contributed by atoms with Gasteiger partial charge < -0.3 is 10.4 Å². The van der Waals surface area contributed by atoms with E-state index >= 15 is 0 Å². The van der Waals surface area contributed by atoms with E-state index in [4.69, 9.17) is 16.7 Å². The van der Waals surface area contributed by atoms with Crippen LogP contribution in [0.1, 0.15) is 38.5 Å². The van der Waals surface area contributed by atoms with Crippen LogP contribution in [0.3, 0.4) is 0 Å². The van der Waals surface area contributed by atoms with E-state index in [9.17, 15) is 14.0 Å². The van der Waals surface area contributed by atoms with Crippen molar-refractivity contribution < 1.29 is 19.1 Å². The zero-order valence-corrected chi connectivity index (χ0v) is 12.3. The van der Waals surface area contributed by atoms with Crippen molar-refractivity contribution in [3.63, 3.8) is 0 Å². The molecule has 0 saturated heterocycles. The number of carbonyl (C=O) groups is 2. The molecule has 0 aromatic heterocycles. The summed E-state index contributed by atoms with van der Waals surface area (Å²) in [6.07, 6.45) is 3.36. The Balaban J connectivity index is 2.04. The molecule has 2 N–H and O–H groups in total. The zero-order chi connectivity index (χ0) is 15.5. The smallest absolute Gasteiger partial charge is 0.303 e. The molecule has 1 amide bonds. The molecule has 0 bridgehead atoms. The van der Waals surface area contributed by atoms with E-state index in [1.807, 2.05) is 0 Å². The minimum absolute atomic E-state index is 0.0243. The third-order valence-corrected chi connectivity index (χ3v) is 4.17. The SMILES string of the molecule is O=C(O)CC1(CC(=O)Nc2ccc(Cl)cc2F)CCCC1. The predicted octanol–water partition coefficient (Wildman–Crippen LogP) is 3.84. The number of hydrogen-bond acceptors (Lipinski definition) is 2. The van der Waals surface area contributed by atoms with Crippen LogP contribution in [0.25, 0.3) is 0 Å². The normalized spacial score (nSPS) is 16.7. The third-order valence-electron chi connectivity index (χ3n) is 3.93. The topological polar surface area (TPSA) is 66.4 Å². The molecule has 4 nitrogen and oxygen atoms in total. The van der Waals surface area contributed by atoms with Crippen LogP contribution in [0.15, 0.2) is 18.2 Å². The fraction of sp³-hybridized carbons (Fsp3) is 0.467. The van der Waals surface area contributed by atoms with Crippen molar-refractivity contribution in [1.29, 1.82) is 0 Å². The summed E-state index contributed by atoms with van der Waals surface area (Å²) in [5.41, 5.74) is -0.438. The summed E-state index contributed by atoms with van der Waals surface area (Å²) >= 11 is 5.65. The van der Waals surface area contributed by atoms with Crippen molar-refractivity contribution in [1.82, 2.24) is 0 Å². The van der Waals surface area contributed by atoms with Crippen LogP contribution in [0, 0.1) is 11.2 Å². The highest BCUT2D eigenvalue weighted by atomic mass is 35.5. The molecular weight excluding hydrogens is 297 g/mol. The Morgan fingerprint density at radius 1 is 1.29 bits per heavy atom. The van der Waals surface area contributed by atoms with Gasteiger partial charge in [-0.3, -0.25) is 9.59 Å². The first kappa shape index (κ1) is 15.8. The maximum absolute atomic E-state index is 13.6. The molecule has 1 aliphatic rings. The molecular formula is C15H17ClFNO3. The molecule has 0 radical (unpaired) electrons. The molecule has 0 aliphatic heterocycles. The minimum atomic E-state index is -0.901. The monoisotopic (exact) mass is 313 g/mol. The zero-order valence-electron chi connectivity index (χ0n) is 11.5. The summed E-state index contributed by atoms with van der Waals surface area (Å²) in [5.74, 6) is -1.86. The molecule has 1 aromatic rings. The van der Waals surface area contributed by atoms with E-state index in [1.165, 1.54) is 12.1 Å². The number of hydrogen-bond donors (Lipinski definition) is 2. The van der Waals surface area contributed by atoms with Crippen molar-refractivity contribution in [2.45, 2.75) is 38.5 Å². The van der Waals surface area contributed by atoms with E-state index in [-0.39, 0.29) is 29.5 Å². The first-order valence-corrected chi connectivity index (χ1v) is 7.25. The Kier molecular flexibility index (Phi) is 4.83. The van der Waals surface area contributed by atoms with E-state index < -0.39 is 17.2 Å². The van der Waals surface area contributed by atoms with Crippen LogP contribution in [0.4, 0.5) is 10.1 Å². The number of carbonyl (C=O) groups excluding carboxylic acids is 1. The summed E-state index contributed by atoms with van der Waals surface area (Å²) < 4.78 is 13.6. The second kappa shape index (κ2) is 6.43. The highest BCUT2D eigenvalue weighted by Crippen LogP contribution is 2.44. The molecule has 0 unspecified atom stereocenters. The molecule has 1 aliphatic carbocycles. The Bertz CT molecular complexity index is 556. The van der Waals surface area contributed by atoms with Gasteiger partial charge in [0.1, 0.15) is 5.82 Å². The Morgan fingerprint density at radius 3 is 2.52 bits per heavy atom. The standard InChI is InChI=1S/C15H17ClFNO3/c16-10-3-4-12(11(17)7-10)18-13(19)8-15(9-14(20)21)5-1-2-6-15/h3-4,7H,1-2,5-6,8-9H2,(H,18,19)(H,20,21). The maximum Gasteiger partial charge on any atom is 0.303 e. The van der Waals surface area contributed by atoms with Gasteiger partial charge in [0.15, 0.2) is 0 Å². The van der Waals surface area contributed by atoms with Gasteiger partial charge in [0.25, 0.3) is 0 Å². The van der Waals surface area contributed by atoms with Gasteiger partial charge in [-0.05, 0) is 36.5 Å². The van der Waals surface area contributed by atoms with E-state index in [0.29, 0.717) is 0 Å². The van der Waals surface area contributed by atoms with Crippen LogP contribution in [-0.2, 0) is 9.59 Å². The van der Waals surface area contributed by atoms with Crippen molar-refractivity contribution in [2.75, 3.05) is 5.32 Å². The summed E-state index contributed by atoms with van der Waals surface area (Å²) in [5, 5.41) is 11.8. The summed E-state index contributed by atoms with van der Waals surface area (Å²) in [6, 6.07) is 4.01. The number of amides is 1. The fourth-order valence-corrected chi connectivity index (χ4v) is 3.15. The Morgan fingerprint density at radius 2 is 1.95 bits per heavy atom. The third kappa shape index (κ3) is 4.17. The van der Waals surface area contributed by atoms with Crippen molar-refractivity contribution in [3.8, 4) is 0 Å². The quantitative estimate of drug-likeness (QED) is 0.868. The van der Waals surface area contributed by atoms with Gasteiger partial charge >= 0.3 is 5.97 Å². The Labute approximate surface area is 127 Å². The second-order valence-electron chi connectivity index (χ2n) is 5.63. The number of carboxylic acids is 1. The van der Waals surface area contributed by atoms with Gasteiger partial charge in [0, 0.05) is 11.4 Å². The van der Waals surface area contributed by atoms with Crippen molar-refractivity contribution in [2.24, 2.45) is 5.41 Å². The molecule has 2 rings (SSSR count). The number of halogens is 2. The van der Waals surface area contributed by atoms with Crippen LogP contribution in [-0.4, -0.2) is 17.0 Å². The molecule has 0 spiro atoms. The Hall–Kier alpha value is -1.62. The summed E-state index contributed by atoms with van der Waals surface area (Å²) in [4.78, 5) is 23.1. The van der Waals surface area contributed by atoms with Gasteiger partial charge in [-0.1, -0.05) is 24.4 Å². The van der Waals surface area contributed by atoms with E-state index in [0.717, 1.165) is 31.7 Å². The summed E-state index contributed by atoms with van der Waals surface area (Å²) in [7, 11) is 0. The minimum Gasteiger partial charge on any atom is -0.481 e. The number of aliphatic carboxylic acids is 1. The summed E-state index contributed by atoms with van der Waals surface area (Å²) in [6.45, 7) is 0. The molecule has 21 heavy (non-hydrogen) atoms. The van der Waals surface area contributed by atoms with Crippen LogP contribution < -0.4 is 5.32 Å². The molecule has 114 valence electrons. The first-order valence-electron chi connectivity index (χ1n) is 6.87. The molecule has 1 fully saturated rings. The highest BCUT2D eigenvalue weighted by molar-refractivity contribution is 6.30. The average Bonchev–Trinajstić information content (AvgIpc) is 2.80. The van der Waals surface area contributed by atoms with E-state index in [2.05, 4.69) is 5.32 Å². The number of anilines is 1. The number of nitrogens with one attached hydrogen (secondary N) is 1. The largest absolute Gasteiger partial charge is 0.481 e. The lowest BCUT2D eigenvalue weighted by Gasteiger charge is -2.26. The highest BCUT2D eigenvalue weighted by Gasteiger charge is 2.38. The predicted molar refractivity (Wildman–Crippen MR) is 77.8 cm³/mol. The van der Waals surface area contributed by atoms with Gasteiger partial charge in [0.05, 0.1) is 12.1 Å². The lowest BCUT2D eigenvalue weighted by molar-refractivity contribution is -0.140. The first-order chi connectivity index (χ1) is 9.90. The second-order valence-corrected chi connectivity index (χ2v) is 6.06. The molecule has 6 heteroatoms. The van der Waals surface area contributed by atoms with Crippen LogP contribution >= 0.6 is 11.6 Å². The molecule has 1 aromatic carbocycles. The van der Waals surface area contributed by atoms with Gasteiger partial charge in [0.2, 0.25) is 5.91 Å². The number of benzene rings is 1. The van der Waals surface area contributed by atoms with Gasteiger partial charge in [-0.15, -0.1) is 0 Å². The van der Waals surface area contributed by atoms with Crippen molar-refractivity contribution in [3.05, 3.63) is 29.0 Å². The van der Waals surface area contributed by atoms with Crippen LogP contribution in [0.5, 0.6) is 0 Å². The van der Waals surface area contributed by atoms with E-state index in [1.54, 1.807) is 0 Å². The molecule has 0 heterocycles. The molecule has 1 saturated carbocycles. The van der Waals surface area contributed by atoms with Gasteiger partial charge in [-0.25, -0.2) is 4.39 Å². The number of carboxylic acid groups (broad SMARTS) is 1. The van der Waals surface area contributed by atoms with Crippen molar-refractivity contribution >= 4 is 29.2 Å². The molecule has 0 atom stereocenters. The van der Waals surface area contributed by atoms with Crippen LogP contribution in [0.2, 0.25) is 5.02 Å².